The summed E-state index contributed by atoms with van der Waals surface area (Å²) in [5.41, 5.74) is 1.26. The van der Waals surface area contributed by atoms with Gasteiger partial charge in [0.25, 0.3) is 0 Å². The van der Waals surface area contributed by atoms with Crippen LogP contribution in [0.4, 0.5) is 0 Å². The molecule has 2 N–H and O–H groups in total. The van der Waals surface area contributed by atoms with Gasteiger partial charge in [0.1, 0.15) is 0 Å². The number of rotatable bonds is 8. The molecule has 0 saturated carbocycles. The molecule has 0 aliphatic rings. The molecule has 1 unspecified atom stereocenters. The van der Waals surface area contributed by atoms with Crippen LogP contribution < -0.4 is 10.6 Å². The molecule has 1 aromatic carbocycles. The Morgan fingerprint density at radius 1 is 1.30 bits per heavy atom. The average molecular weight is 278 g/mol. The molecule has 20 heavy (non-hydrogen) atoms. The summed E-state index contributed by atoms with van der Waals surface area (Å²) in [5.74, 6) is -0.00147. The van der Waals surface area contributed by atoms with Crippen molar-refractivity contribution in [1.29, 1.82) is 0 Å². The van der Waals surface area contributed by atoms with Crippen molar-refractivity contribution in [3.63, 3.8) is 0 Å². The summed E-state index contributed by atoms with van der Waals surface area (Å²) in [6, 6.07) is 10.4. The van der Waals surface area contributed by atoms with Crippen molar-refractivity contribution >= 4 is 5.91 Å². The fourth-order valence-corrected chi connectivity index (χ4v) is 2.10. The predicted molar refractivity (Wildman–Crippen MR) is 81.8 cm³/mol. The number of carbonyl (C=O) groups excluding carboxylic acids is 1. The Hall–Kier alpha value is -1.39. The Balaban J connectivity index is 2.35. The van der Waals surface area contributed by atoms with Crippen molar-refractivity contribution in [3.05, 3.63) is 35.9 Å². The number of carbonyl (C=O) groups is 1. The van der Waals surface area contributed by atoms with E-state index in [9.17, 15) is 4.79 Å². The first-order valence-corrected chi connectivity index (χ1v) is 7.00. The standard InChI is InChI=1S/C16H26N2O2/c1-13(11-20-4)18-15(19)10-17-12-16(2,3)14-8-6-5-7-9-14/h5-9,13,17H,10-12H2,1-4H3,(H,18,19). The summed E-state index contributed by atoms with van der Waals surface area (Å²) in [6.07, 6.45) is 0. The molecule has 4 nitrogen and oxygen atoms in total. The number of hydrogen-bond donors (Lipinski definition) is 2. The minimum Gasteiger partial charge on any atom is -0.383 e. The maximum absolute atomic E-state index is 11.7. The molecule has 1 aromatic rings. The second-order valence-electron chi connectivity index (χ2n) is 5.78. The lowest BCUT2D eigenvalue weighted by Gasteiger charge is -2.25. The molecule has 1 amide bonds. The molecular weight excluding hydrogens is 252 g/mol. The molecule has 0 fully saturated rings. The molecule has 4 heteroatoms. The first-order valence-electron chi connectivity index (χ1n) is 7.00. The quantitative estimate of drug-likeness (QED) is 0.761. The van der Waals surface area contributed by atoms with Gasteiger partial charge in [-0.05, 0) is 12.5 Å². The van der Waals surface area contributed by atoms with Crippen molar-refractivity contribution in [2.75, 3.05) is 26.8 Å². The highest BCUT2D eigenvalue weighted by Crippen LogP contribution is 2.21. The third-order valence-electron chi connectivity index (χ3n) is 3.23. The van der Waals surface area contributed by atoms with E-state index in [1.807, 2.05) is 25.1 Å². The molecule has 0 saturated heterocycles. The van der Waals surface area contributed by atoms with E-state index in [1.165, 1.54) is 5.56 Å². The average Bonchev–Trinajstić information content (AvgIpc) is 2.39. The van der Waals surface area contributed by atoms with Crippen molar-refractivity contribution < 1.29 is 9.53 Å². The SMILES string of the molecule is COCC(C)NC(=O)CNCC(C)(C)c1ccccc1. The second-order valence-corrected chi connectivity index (χ2v) is 5.78. The summed E-state index contributed by atoms with van der Waals surface area (Å²) in [4.78, 5) is 11.7. The maximum atomic E-state index is 11.7. The fraction of sp³-hybridized carbons (Fsp3) is 0.562. The third-order valence-corrected chi connectivity index (χ3v) is 3.23. The van der Waals surface area contributed by atoms with E-state index >= 15 is 0 Å². The molecule has 0 bridgehead atoms. The van der Waals surface area contributed by atoms with Crippen LogP contribution in [0.25, 0.3) is 0 Å². The molecule has 0 aliphatic heterocycles. The van der Waals surface area contributed by atoms with Crippen LogP contribution in [0, 0.1) is 0 Å². The van der Waals surface area contributed by atoms with Crippen LogP contribution in [0.1, 0.15) is 26.3 Å². The van der Waals surface area contributed by atoms with Gasteiger partial charge in [0.15, 0.2) is 0 Å². The lowest BCUT2D eigenvalue weighted by molar-refractivity contribution is -0.121. The Bertz CT molecular complexity index is 404. The molecule has 0 spiro atoms. The number of hydrogen-bond acceptors (Lipinski definition) is 3. The van der Waals surface area contributed by atoms with Crippen LogP contribution in [0.15, 0.2) is 30.3 Å². The molecule has 1 atom stereocenters. The van der Waals surface area contributed by atoms with Crippen molar-refractivity contribution in [2.45, 2.75) is 32.2 Å². The lowest BCUT2D eigenvalue weighted by atomic mass is 9.85. The summed E-state index contributed by atoms with van der Waals surface area (Å²) >= 11 is 0. The molecule has 0 radical (unpaired) electrons. The van der Waals surface area contributed by atoms with E-state index < -0.39 is 0 Å². The van der Waals surface area contributed by atoms with Gasteiger partial charge in [0, 0.05) is 25.1 Å². The van der Waals surface area contributed by atoms with Gasteiger partial charge < -0.3 is 15.4 Å². The topological polar surface area (TPSA) is 50.4 Å². The number of ether oxygens (including phenoxy) is 1. The number of amides is 1. The Labute approximate surface area is 121 Å². The largest absolute Gasteiger partial charge is 0.383 e. The predicted octanol–water partition coefficient (Wildman–Crippen LogP) is 1.70. The summed E-state index contributed by atoms with van der Waals surface area (Å²) in [6.45, 7) is 7.87. The maximum Gasteiger partial charge on any atom is 0.234 e. The van der Waals surface area contributed by atoms with E-state index in [0.717, 1.165) is 6.54 Å². The molecular formula is C16H26N2O2. The number of methoxy groups -OCH3 is 1. The zero-order chi connectivity index (χ0) is 15.0. The van der Waals surface area contributed by atoms with Crippen LogP contribution >= 0.6 is 0 Å². The van der Waals surface area contributed by atoms with Crippen molar-refractivity contribution in [1.82, 2.24) is 10.6 Å². The highest BCUT2D eigenvalue weighted by atomic mass is 16.5. The lowest BCUT2D eigenvalue weighted by Crippen LogP contribution is -2.43. The monoisotopic (exact) mass is 278 g/mol. The fourth-order valence-electron chi connectivity index (χ4n) is 2.10. The second kappa shape index (κ2) is 8.02. The minimum atomic E-state index is -0.00147. The summed E-state index contributed by atoms with van der Waals surface area (Å²) < 4.78 is 4.99. The van der Waals surface area contributed by atoms with Crippen molar-refractivity contribution in [3.8, 4) is 0 Å². The Morgan fingerprint density at radius 3 is 2.55 bits per heavy atom. The normalized spacial score (nSPS) is 13.0. The first kappa shape index (κ1) is 16.7. The van der Waals surface area contributed by atoms with Gasteiger partial charge in [-0.1, -0.05) is 44.2 Å². The van der Waals surface area contributed by atoms with E-state index in [4.69, 9.17) is 4.74 Å². The zero-order valence-electron chi connectivity index (χ0n) is 12.9. The molecule has 1 rings (SSSR count). The van der Waals surface area contributed by atoms with Gasteiger partial charge in [-0.15, -0.1) is 0 Å². The van der Waals surface area contributed by atoms with E-state index in [2.05, 4.69) is 36.6 Å². The van der Waals surface area contributed by atoms with Crippen LogP contribution in [-0.2, 0) is 14.9 Å². The molecule has 0 heterocycles. The van der Waals surface area contributed by atoms with Gasteiger partial charge >= 0.3 is 0 Å². The van der Waals surface area contributed by atoms with Gasteiger partial charge in [0.2, 0.25) is 5.91 Å². The van der Waals surface area contributed by atoms with Crippen molar-refractivity contribution in [2.24, 2.45) is 0 Å². The number of benzene rings is 1. The molecule has 0 aliphatic carbocycles. The van der Waals surface area contributed by atoms with Gasteiger partial charge in [-0.2, -0.15) is 0 Å². The van der Waals surface area contributed by atoms with Gasteiger partial charge in [-0.3, -0.25) is 4.79 Å². The van der Waals surface area contributed by atoms with Gasteiger partial charge in [-0.25, -0.2) is 0 Å². The third kappa shape index (κ3) is 5.72. The summed E-state index contributed by atoms with van der Waals surface area (Å²) in [5, 5.41) is 6.10. The van der Waals surface area contributed by atoms with Crippen LogP contribution in [0.3, 0.4) is 0 Å². The zero-order valence-corrected chi connectivity index (χ0v) is 12.9. The molecule has 112 valence electrons. The van der Waals surface area contributed by atoms with Crippen LogP contribution in [0.5, 0.6) is 0 Å². The van der Waals surface area contributed by atoms with Crippen LogP contribution in [-0.4, -0.2) is 38.8 Å². The minimum absolute atomic E-state index is 0.000312. The highest BCUT2D eigenvalue weighted by molar-refractivity contribution is 5.78. The highest BCUT2D eigenvalue weighted by Gasteiger charge is 2.20. The first-order chi connectivity index (χ1) is 9.45. The van der Waals surface area contributed by atoms with E-state index in [0.29, 0.717) is 13.2 Å². The number of nitrogens with one attached hydrogen (secondary N) is 2. The van der Waals surface area contributed by atoms with Gasteiger partial charge in [0.05, 0.1) is 13.2 Å². The van der Waals surface area contributed by atoms with Crippen LogP contribution in [0.2, 0.25) is 0 Å². The van der Waals surface area contributed by atoms with E-state index in [-0.39, 0.29) is 17.4 Å². The smallest absolute Gasteiger partial charge is 0.234 e. The Kier molecular flexibility index (Phi) is 6.68. The molecule has 0 aromatic heterocycles. The summed E-state index contributed by atoms with van der Waals surface area (Å²) in [7, 11) is 1.63. The van der Waals surface area contributed by atoms with E-state index in [1.54, 1.807) is 7.11 Å². The Morgan fingerprint density at radius 2 is 1.95 bits per heavy atom.